The zero-order valence-corrected chi connectivity index (χ0v) is 11.1. The van der Waals surface area contributed by atoms with Crippen LogP contribution in [-0.2, 0) is 0 Å². The van der Waals surface area contributed by atoms with E-state index >= 15 is 0 Å². The van der Waals surface area contributed by atoms with Crippen LogP contribution in [0.5, 0.6) is 0 Å². The molecular formula is C12H12BrFN2O. The minimum atomic E-state index is -0.747. The lowest BCUT2D eigenvalue weighted by Gasteiger charge is -2.13. The molecule has 0 saturated carbocycles. The smallest absolute Gasteiger partial charge is 0.126 e. The van der Waals surface area contributed by atoms with Crippen molar-refractivity contribution in [2.45, 2.75) is 20.0 Å². The number of nitrogens with zero attached hydrogens (tertiary/aromatic N) is 2. The molecule has 0 unspecified atom stereocenters. The molecule has 0 spiro atoms. The Hall–Kier alpha value is -1.20. The Morgan fingerprint density at radius 1 is 1.47 bits per heavy atom. The predicted molar refractivity (Wildman–Crippen MR) is 66.6 cm³/mol. The van der Waals surface area contributed by atoms with Crippen LogP contribution in [0, 0.1) is 12.7 Å². The second kappa shape index (κ2) is 4.58. The number of aliphatic hydroxyl groups excluding tert-OH is 1. The number of rotatable bonds is 2. The molecule has 2 rings (SSSR count). The van der Waals surface area contributed by atoms with E-state index in [9.17, 15) is 9.50 Å². The zero-order valence-electron chi connectivity index (χ0n) is 9.48. The van der Waals surface area contributed by atoms with Crippen LogP contribution in [-0.4, -0.2) is 14.9 Å². The van der Waals surface area contributed by atoms with Gasteiger partial charge in [-0.3, -0.25) is 0 Å². The number of hydrogen-bond donors (Lipinski definition) is 1. The van der Waals surface area contributed by atoms with Crippen molar-refractivity contribution in [3.05, 3.63) is 45.9 Å². The molecule has 2 aromatic rings. The first kappa shape index (κ1) is 12.3. The fourth-order valence-corrected chi connectivity index (χ4v) is 1.93. The van der Waals surface area contributed by atoms with Crippen LogP contribution in [0.15, 0.2) is 29.0 Å². The van der Waals surface area contributed by atoms with E-state index in [-0.39, 0.29) is 5.82 Å². The lowest BCUT2D eigenvalue weighted by atomic mass is 10.1. The Balaban J connectivity index is 2.63. The Labute approximate surface area is 107 Å². The number of benzene rings is 1. The summed E-state index contributed by atoms with van der Waals surface area (Å²) in [6, 6.07) is 3.03. The van der Waals surface area contributed by atoms with Crippen molar-refractivity contribution in [2.75, 3.05) is 0 Å². The molecule has 1 aromatic heterocycles. The first-order chi connectivity index (χ1) is 7.99. The average molecular weight is 299 g/mol. The average Bonchev–Trinajstić information content (AvgIpc) is 2.68. The topological polar surface area (TPSA) is 38.0 Å². The summed E-state index contributed by atoms with van der Waals surface area (Å²) < 4.78 is 15.9. The third-order valence-electron chi connectivity index (χ3n) is 2.56. The molecule has 0 aliphatic heterocycles. The van der Waals surface area contributed by atoms with Crippen molar-refractivity contribution in [1.29, 1.82) is 0 Å². The minimum absolute atomic E-state index is 0.323. The second-order valence-electron chi connectivity index (χ2n) is 3.94. The molecule has 5 heteroatoms. The van der Waals surface area contributed by atoms with Crippen LogP contribution in [0.4, 0.5) is 4.39 Å². The van der Waals surface area contributed by atoms with Gasteiger partial charge in [0, 0.05) is 11.8 Å². The molecule has 90 valence electrons. The summed E-state index contributed by atoms with van der Waals surface area (Å²) in [5, 5.41) is 13.8. The molecule has 0 bridgehead atoms. The van der Waals surface area contributed by atoms with Gasteiger partial charge in [0.25, 0.3) is 0 Å². The van der Waals surface area contributed by atoms with Gasteiger partial charge in [0.2, 0.25) is 0 Å². The molecule has 0 amide bonds. The summed E-state index contributed by atoms with van der Waals surface area (Å²) in [5.41, 5.74) is 1.73. The van der Waals surface area contributed by atoms with Crippen LogP contribution in [0.1, 0.15) is 24.2 Å². The quantitative estimate of drug-likeness (QED) is 0.925. The molecule has 0 aliphatic carbocycles. The first-order valence-electron chi connectivity index (χ1n) is 5.17. The molecule has 1 heterocycles. The van der Waals surface area contributed by atoms with Gasteiger partial charge < -0.3 is 5.11 Å². The summed E-state index contributed by atoms with van der Waals surface area (Å²) in [6.45, 7) is 3.29. The highest BCUT2D eigenvalue weighted by molar-refractivity contribution is 9.10. The lowest BCUT2D eigenvalue weighted by molar-refractivity contribution is 0.198. The largest absolute Gasteiger partial charge is 0.389 e. The van der Waals surface area contributed by atoms with Crippen molar-refractivity contribution >= 4 is 15.9 Å². The normalized spacial score (nSPS) is 12.8. The fraction of sp³-hybridized carbons (Fsp3) is 0.250. The Kier molecular flexibility index (Phi) is 3.31. The van der Waals surface area contributed by atoms with Gasteiger partial charge in [0.05, 0.1) is 22.5 Å². The number of halogens is 2. The summed E-state index contributed by atoms with van der Waals surface area (Å²) >= 11 is 3.30. The van der Waals surface area contributed by atoms with Crippen molar-refractivity contribution in [1.82, 2.24) is 9.78 Å². The number of aryl methyl sites for hydroxylation is 1. The summed E-state index contributed by atoms with van der Waals surface area (Å²) in [7, 11) is 0. The molecule has 1 atom stereocenters. The maximum absolute atomic E-state index is 13.5. The summed E-state index contributed by atoms with van der Waals surface area (Å²) in [4.78, 5) is 0. The predicted octanol–water partition coefficient (Wildman–Crippen LogP) is 3.14. The van der Waals surface area contributed by atoms with Crippen LogP contribution >= 0.6 is 15.9 Å². The van der Waals surface area contributed by atoms with Crippen LogP contribution in [0.2, 0.25) is 0 Å². The van der Waals surface area contributed by atoms with Gasteiger partial charge in [-0.2, -0.15) is 5.10 Å². The van der Waals surface area contributed by atoms with Crippen molar-refractivity contribution in [2.24, 2.45) is 0 Å². The number of aromatic nitrogens is 2. The van der Waals surface area contributed by atoms with Crippen LogP contribution < -0.4 is 0 Å². The maximum Gasteiger partial charge on any atom is 0.126 e. The molecular weight excluding hydrogens is 287 g/mol. The SMILES string of the molecule is Cc1cc(-n2cc(Br)cn2)c([C@H](C)O)cc1F. The molecule has 3 nitrogen and oxygen atoms in total. The zero-order chi connectivity index (χ0) is 12.6. The molecule has 0 fully saturated rings. The van der Waals surface area contributed by atoms with E-state index in [1.54, 1.807) is 37.0 Å². The van der Waals surface area contributed by atoms with Crippen molar-refractivity contribution < 1.29 is 9.50 Å². The Morgan fingerprint density at radius 2 is 2.18 bits per heavy atom. The number of hydrogen-bond acceptors (Lipinski definition) is 2. The van der Waals surface area contributed by atoms with E-state index in [2.05, 4.69) is 21.0 Å². The highest BCUT2D eigenvalue weighted by Crippen LogP contribution is 2.25. The lowest BCUT2D eigenvalue weighted by Crippen LogP contribution is -2.05. The van der Waals surface area contributed by atoms with Gasteiger partial charge in [-0.25, -0.2) is 9.07 Å². The van der Waals surface area contributed by atoms with Crippen molar-refractivity contribution in [3.8, 4) is 5.69 Å². The van der Waals surface area contributed by atoms with Crippen LogP contribution in [0.3, 0.4) is 0 Å². The molecule has 0 aliphatic rings. The van der Waals surface area contributed by atoms with Gasteiger partial charge in [-0.1, -0.05) is 0 Å². The van der Waals surface area contributed by atoms with Gasteiger partial charge in [-0.15, -0.1) is 0 Å². The van der Waals surface area contributed by atoms with Gasteiger partial charge >= 0.3 is 0 Å². The van der Waals surface area contributed by atoms with E-state index < -0.39 is 6.10 Å². The monoisotopic (exact) mass is 298 g/mol. The van der Waals surface area contributed by atoms with Crippen molar-refractivity contribution in [3.63, 3.8) is 0 Å². The Morgan fingerprint density at radius 3 is 2.71 bits per heavy atom. The van der Waals surface area contributed by atoms with Gasteiger partial charge in [0.1, 0.15) is 5.82 Å². The Bertz CT molecular complexity index is 551. The highest BCUT2D eigenvalue weighted by atomic mass is 79.9. The highest BCUT2D eigenvalue weighted by Gasteiger charge is 2.13. The minimum Gasteiger partial charge on any atom is -0.389 e. The third kappa shape index (κ3) is 2.40. The van der Waals surface area contributed by atoms with E-state index in [1.165, 1.54) is 6.07 Å². The van der Waals surface area contributed by atoms with Crippen LogP contribution in [0.25, 0.3) is 5.69 Å². The summed E-state index contributed by atoms with van der Waals surface area (Å²) in [6.07, 6.45) is 2.66. The van der Waals surface area contributed by atoms with Gasteiger partial charge in [-0.05, 0) is 47.5 Å². The van der Waals surface area contributed by atoms with E-state index in [1.807, 2.05) is 0 Å². The summed E-state index contributed by atoms with van der Waals surface area (Å²) in [5.74, 6) is -0.323. The third-order valence-corrected chi connectivity index (χ3v) is 2.97. The maximum atomic E-state index is 13.5. The van der Waals surface area contributed by atoms with Gasteiger partial charge in [0.15, 0.2) is 0 Å². The first-order valence-corrected chi connectivity index (χ1v) is 5.97. The standard InChI is InChI=1S/C12H12BrFN2O/c1-7-3-12(16-6-9(13)5-15-16)10(8(2)17)4-11(7)14/h3-6,8,17H,1-2H3/t8-/m0/s1. The fourth-order valence-electron chi connectivity index (χ4n) is 1.65. The molecule has 0 saturated heterocycles. The van der Waals surface area contributed by atoms with E-state index in [4.69, 9.17) is 0 Å². The second-order valence-corrected chi connectivity index (χ2v) is 4.85. The molecule has 17 heavy (non-hydrogen) atoms. The molecule has 1 N–H and O–H groups in total. The number of aliphatic hydroxyl groups is 1. The van der Waals surface area contributed by atoms with E-state index in [0.717, 1.165) is 4.47 Å². The molecule has 0 radical (unpaired) electrons. The molecule has 1 aromatic carbocycles. The van der Waals surface area contributed by atoms with E-state index in [0.29, 0.717) is 16.8 Å².